The molecular formula is C23H24Cl2F2N4O2S. The number of hydrogen-bond acceptors (Lipinski definition) is 5. The van der Waals surface area contributed by atoms with E-state index in [1.807, 2.05) is 13.1 Å². The highest BCUT2D eigenvalue weighted by Crippen LogP contribution is 2.56. The van der Waals surface area contributed by atoms with Crippen molar-refractivity contribution in [1.82, 2.24) is 14.7 Å². The monoisotopic (exact) mass is 528 g/mol. The van der Waals surface area contributed by atoms with Crippen LogP contribution >= 0.6 is 35.0 Å². The van der Waals surface area contributed by atoms with Gasteiger partial charge in [0.15, 0.2) is 0 Å². The second-order valence-electron chi connectivity index (χ2n) is 9.11. The summed E-state index contributed by atoms with van der Waals surface area (Å²) in [6, 6.07) is 4.98. The topological polar surface area (TPSA) is 73.4 Å². The van der Waals surface area contributed by atoms with E-state index in [0.29, 0.717) is 53.1 Å². The highest BCUT2D eigenvalue weighted by molar-refractivity contribution is 8.05. The van der Waals surface area contributed by atoms with Gasteiger partial charge in [0, 0.05) is 31.4 Å². The Hall–Kier alpha value is -1.65. The van der Waals surface area contributed by atoms with Crippen molar-refractivity contribution in [3.05, 3.63) is 56.7 Å². The van der Waals surface area contributed by atoms with Crippen LogP contribution in [-0.2, 0) is 11.3 Å². The van der Waals surface area contributed by atoms with Gasteiger partial charge in [-0.15, -0.1) is 11.8 Å². The van der Waals surface area contributed by atoms with Crippen molar-refractivity contribution in [1.29, 1.82) is 0 Å². The van der Waals surface area contributed by atoms with Crippen LogP contribution in [0.1, 0.15) is 34.5 Å². The van der Waals surface area contributed by atoms with Crippen LogP contribution in [0.3, 0.4) is 0 Å². The molecule has 11 heteroatoms. The van der Waals surface area contributed by atoms with E-state index in [1.165, 1.54) is 17.8 Å². The van der Waals surface area contributed by atoms with Crippen molar-refractivity contribution in [2.24, 2.45) is 11.7 Å². The number of thioether (sulfide) groups is 1. The second-order valence-corrected chi connectivity index (χ2v) is 11.3. The van der Waals surface area contributed by atoms with E-state index in [2.05, 4.69) is 10.00 Å². The molecule has 2 unspecified atom stereocenters. The summed E-state index contributed by atoms with van der Waals surface area (Å²) in [6.45, 7) is 3.38. The van der Waals surface area contributed by atoms with E-state index >= 15 is 0 Å². The molecule has 2 atom stereocenters. The number of nitrogens with two attached hydrogens (primary N) is 1. The average molecular weight is 529 g/mol. The first-order valence-corrected chi connectivity index (χ1v) is 12.7. The number of nitrogens with zero attached hydrogens (tertiary/aromatic N) is 3. The van der Waals surface area contributed by atoms with Gasteiger partial charge in [-0.25, -0.2) is 13.5 Å². The van der Waals surface area contributed by atoms with Crippen LogP contribution in [0.4, 0.5) is 8.78 Å². The fourth-order valence-corrected chi connectivity index (χ4v) is 7.23. The first kappa shape index (κ1) is 24.1. The number of hydrogen-bond donors (Lipinski definition) is 1. The molecule has 0 saturated carbocycles. The highest BCUT2D eigenvalue weighted by atomic mass is 35.5. The highest BCUT2D eigenvalue weighted by Gasteiger charge is 2.60. The number of fused-ring (bicyclic) bond motifs is 2. The molecule has 3 aliphatic heterocycles. The molecule has 182 valence electrons. The van der Waals surface area contributed by atoms with Crippen LogP contribution in [0.15, 0.2) is 34.8 Å². The van der Waals surface area contributed by atoms with E-state index in [1.54, 1.807) is 22.9 Å². The number of ether oxygens (including phenoxy) is 1. The maximum Gasteiger partial charge on any atom is 0.278 e. The lowest BCUT2D eigenvalue weighted by atomic mass is 9.77. The minimum absolute atomic E-state index is 0.295. The number of para-hydroxylation sites is 1. The van der Waals surface area contributed by atoms with Crippen LogP contribution < -0.4 is 5.73 Å². The number of benzene rings is 1. The smallest absolute Gasteiger partial charge is 0.278 e. The van der Waals surface area contributed by atoms with Gasteiger partial charge in [-0.1, -0.05) is 29.3 Å². The van der Waals surface area contributed by atoms with Crippen molar-refractivity contribution in [2.75, 3.05) is 19.7 Å². The van der Waals surface area contributed by atoms with Gasteiger partial charge in [-0.3, -0.25) is 9.69 Å². The summed E-state index contributed by atoms with van der Waals surface area (Å²) in [7, 11) is 0. The van der Waals surface area contributed by atoms with Crippen molar-refractivity contribution in [3.63, 3.8) is 0 Å². The molecule has 3 aliphatic rings. The van der Waals surface area contributed by atoms with Crippen molar-refractivity contribution >= 4 is 40.9 Å². The van der Waals surface area contributed by atoms with E-state index in [-0.39, 0.29) is 5.25 Å². The molecule has 0 aliphatic carbocycles. The summed E-state index contributed by atoms with van der Waals surface area (Å²) in [5, 5.41) is 4.58. The van der Waals surface area contributed by atoms with Crippen molar-refractivity contribution < 1.29 is 18.3 Å². The maximum absolute atomic E-state index is 14.4. The zero-order valence-electron chi connectivity index (χ0n) is 18.4. The lowest BCUT2D eigenvalue weighted by molar-refractivity contribution is -0.215. The molecule has 2 N–H and O–H groups in total. The largest absolute Gasteiger partial charge is 0.367 e. The third kappa shape index (κ3) is 4.15. The second kappa shape index (κ2) is 8.78. The van der Waals surface area contributed by atoms with Gasteiger partial charge in [0.25, 0.3) is 11.8 Å². The van der Waals surface area contributed by atoms with E-state index in [4.69, 9.17) is 33.7 Å². The molecule has 6 nitrogen and oxygen atoms in total. The molecule has 1 amide bonds. The van der Waals surface area contributed by atoms with Gasteiger partial charge in [0.05, 0.1) is 43.1 Å². The van der Waals surface area contributed by atoms with E-state index < -0.39 is 30.0 Å². The maximum atomic E-state index is 14.4. The summed E-state index contributed by atoms with van der Waals surface area (Å²) < 4.78 is 36.7. The minimum Gasteiger partial charge on any atom is -0.367 e. The van der Waals surface area contributed by atoms with Gasteiger partial charge >= 0.3 is 0 Å². The number of rotatable bonds is 4. The molecule has 0 radical (unpaired) electrons. The normalized spacial score (nSPS) is 25.9. The number of aryl methyl sites for hydroxylation is 1. The summed E-state index contributed by atoms with van der Waals surface area (Å²) in [5.41, 5.74) is 7.47. The molecule has 5 rings (SSSR count). The molecular weight excluding hydrogens is 505 g/mol. The quantitative estimate of drug-likeness (QED) is 0.620. The van der Waals surface area contributed by atoms with Crippen molar-refractivity contribution in [2.45, 2.75) is 43.1 Å². The number of primary amides is 1. The van der Waals surface area contributed by atoms with Crippen LogP contribution in [-0.4, -0.2) is 57.1 Å². The van der Waals surface area contributed by atoms with E-state index in [9.17, 15) is 13.6 Å². The Labute approximate surface area is 210 Å². The molecule has 2 saturated heterocycles. The Balaban J connectivity index is 1.31. The molecule has 34 heavy (non-hydrogen) atoms. The first-order chi connectivity index (χ1) is 16.1. The number of piperidine rings is 1. The molecule has 1 aromatic heterocycles. The molecule has 1 spiro atoms. The van der Waals surface area contributed by atoms with Crippen LogP contribution in [0, 0.1) is 12.8 Å². The number of alkyl halides is 2. The van der Waals surface area contributed by atoms with Gasteiger partial charge in [0.2, 0.25) is 0 Å². The molecule has 2 fully saturated rings. The Morgan fingerprint density at radius 3 is 2.76 bits per heavy atom. The SMILES string of the molecule is Cc1nn(-c2c(Cl)cccc2C(N)=O)cc1CN1CCC2(CC1)OCC(F)(F)C1C=C(Cl)SC12. The Bertz CT molecular complexity index is 1160. The van der Waals surface area contributed by atoms with Gasteiger partial charge in [-0.2, -0.15) is 5.10 Å². The summed E-state index contributed by atoms with van der Waals surface area (Å²) in [6.07, 6.45) is 4.66. The predicted octanol–water partition coefficient (Wildman–Crippen LogP) is 4.74. The fraction of sp³-hybridized carbons (Fsp3) is 0.478. The standard InChI is InChI=1S/C23H24Cl2F2N4O2S/c1-13-14(11-31(29-13)19-15(21(28)32)3-2-4-17(19)24)10-30-7-5-22(6-8-30)20-16(9-18(25)34-20)23(26,27)12-33-22/h2-4,9,11,16,20H,5-8,10,12H2,1H3,(H2,28,32). The van der Waals surface area contributed by atoms with Crippen molar-refractivity contribution in [3.8, 4) is 5.69 Å². The Morgan fingerprint density at radius 2 is 2.06 bits per heavy atom. The van der Waals surface area contributed by atoms with Crippen LogP contribution in [0.2, 0.25) is 5.02 Å². The molecule has 4 heterocycles. The number of carbonyl (C=O) groups is 1. The van der Waals surface area contributed by atoms with Gasteiger partial charge in [-0.05, 0) is 38.0 Å². The summed E-state index contributed by atoms with van der Waals surface area (Å²) in [5.74, 6) is -4.37. The lowest BCUT2D eigenvalue weighted by Gasteiger charge is -2.51. The van der Waals surface area contributed by atoms with Crippen LogP contribution in [0.25, 0.3) is 5.69 Å². The number of carbonyl (C=O) groups excluding carboxylic acids is 1. The first-order valence-electron chi connectivity index (χ1n) is 11.0. The molecule has 0 bridgehead atoms. The zero-order chi connectivity index (χ0) is 24.3. The fourth-order valence-electron chi connectivity index (χ4n) is 5.13. The van der Waals surface area contributed by atoms with E-state index in [0.717, 1.165) is 11.3 Å². The molecule has 2 aromatic rings. The third-order valence-corrected chi connectivity index (χ3v) is 9.05. The zero-order valence-corrected chi connectivity index (χ0v) is 20.8. The number of amides is 1. The minimum atomic E-state index is -2.90. The van der Waals surface area contributed by atoms with Crippen LogP contribution in [0.5, 0.6) is 0 Å². The number of likely N-dealkylation sites (tertiary alicyclic amines) is 1. The lowest BCUT2D eigenvalue weighted by Crippen LogP contribution is -2.61. The third-order valence-electron chi connectivity index (χ3n) is 7.01. The van der Waals surface area contributed by atoms with Gasteiger partial charge < -0.3 is 10.5 Å². The number of allylic oxidation sites excluding steroid dienone is 1. The predicted molar refractivity (Wildman–Crippen MR) is 129 cm³/mol. The summed E-state index contributed by atoms with van der Waals surface area (Å²) >= 11 is 13.8. The Morgan fingerprint density at radius 1 is 1.32 bits per heavy atom. The number of halogens is 4. The Kier molecular flexibility index (Phi) is 6.21. The molecule has 1 aromatic carbocycles. The average Bonchev–Trinajstić information content (AvgIpc) is 3.36. The number of aromatic nitrogens is 2. The van der Waals surface area contributed by atoms with Gasteiger partial charge in [0.1, 0.15) is 6.61 Å². The summed E-state index contributed by atoms with van der Waals surface area (Å²) in [4.78, 5) is 14.1.